The van der Waals surface area contributed by atoms with Gasteiger partial charge in [-0.15, -0.1) is 0 Å². The van der Waals surface area contributed by atoms with Crippen molar-refractivity contribution in [2.75, 3.05) is 4.90 Å². The second-order valence-corrected chi connectivity index (χ2v) is 6.27. The lowest BCUT2D eigenvalue weighted by Gasteiger charge is -2.22. The minimum absolute atomic E-state index is 0.300. The monoisotopic (exact) mass is 377 g/mol. The number of hydrogen-bond donors (Lipinski definition) is 0. The normalized spacial score (nSPS) is 11.2. The van der Waals surface area contributed by atoms with Gasteiger partial charge in [-0.3, -0.25) is 9.59 Å². The predicted molar refractivity (Wildman–Crippen MR) is 107 cm³/mol. The molecule has 0 N–H and O–H groups in total. The van der Waals surface area contributed by atoms with Crippen LogP contribution in [0.25, 0.3) is 0 Å². The van der Waals surface area contributed by atoms with Crippen LogP contribution in [0.2, 0.25) is 0 Å². The fourth-order valence-corrected chi connectivity index (χ4v) is 2.57. The number of imide groups is 1. The maximum atomic E-state index is 12.6. The van der Waals surface area contributed by atoms with Crippen LogP contribution < -0.4 is 9.64 Å². The minimum atomic E-state index is -0.500. The highest BCUT2D eigenvalue weighted by atomic mass is 16.5. The third kappa shape index (κ3) is 4.63. The molecular formula is C22H23N3O3. The molecule has 2 amide bonds. The summed E-state index contributed by atoms with van der Waals surface area (Å²) in [4.78, 5) is 30.0. The molecule has 1 atom stereocenters. The fraction of sp³-hybridized carbons (Fsp3) is 0.273. The summed E-state index contributed by atoms with van der Waals surface area (Å²) in [7, 11) is 0. The molecule has 28 heavy (non-hydrogen) atoms. The molecule has 0 aliphatic heterocycles. The lowest BCUT2D eigenvalue weighted by Crippen LogP contribution is -2.39. The van der Waals surface area contributed by atoms with E-state index in [9.17, 15) is 9.59 Å². The Hall–Kier alpha value is -3.46. The number of aromatic nitrogens is 1. The highest BCUT2D eigenvalue weighted by Gasteiger charge is 2.25. The lowest BCUT2D eigenvalue weighted by molar-refractivity contribution is -0.126. The summed E-state index contributed by atoms with van der Waals surface area (Å²) in [5.74, 6) is -0.225. The third-order valence-corrected chi connectivity index (χ3v) is 4.43. The Morgan fingerprint density at radius 2 is 2.07 bits per heavy atom. The molecule has 0 bridgehead atoms. The van der Waals surface area contributed by atoms with Crippen LogP contribution in [0.4, 0.5) is 5.69 Å². The zero-order valence-corrected chi connectivity index (χ0v) is 16.3. The van der Waals surface area contributed by atoms with E-state index < -0.39 is 5.91 Å². The van der Waals surface area contributed by atoms with Crippen molar-refractivity contribution in [2.24, 2.45) is 5.92 Å². The van der Waals surface area contributed by atoms with Gasteiger partial charge in [0.1, 0.15) is 5.75 Å². The van der Waals surface area contributed by atoms with E-state index in [2.05, 4.69) is 17.6 Å². The van der Waals surface area contributed by atoms with Crippen molar-refractivity contribution >= 4 is 17.5 Å². The number of benzene rings is 1. The van der Waals surface area contributed by atoms with Gasteiger partial charge < -0.3 is 4.74 Å². The number of ether oxygens (including phenoxy) is 1. The average molecular weight is 377 g/mol. The number of carbonyl (C=O) groups excluding carboxylic acids is 2. The van der Waals surface area contributed by atoms with Crippen molar-refractivity contribution in [3.05, 3.63) is 60.3 Å². The van der Waals surface area contributed by atoms with Gasteiger partial charge >= 0.3 is 0 Å². The van der Waals surface area contributed by atoms with E-state index in [1.54, 1.807) is 37.3 Å². The van der Waals surface area contributed by atoms with Gasteiger partial charge in [-0.2, -0.15) is 5.26 Å². The van der Waals surface area contributed by atoms with Crippen molar-refractivity contribution in [3.63, 3.8) is 0 Å². The molecule has 1 unspecified atom stereocenters. The number of nitriles is 1. The Labute approximate surface area is 165 Å². The lowest BCUT2D eigenvalue weighted by atomic mass is 10.1. The molecule has 0 saturated heterocycles. The second-order valence-electron chi connectivity index (χ2n) is 6.27. The molecule has 1 aromatic carbocycles. The van der Waals surface area contributed by atoms with E-state index in [1.807, 2.05) is 13.8 Å². The quantitative estimate of drug-likeness (QED) is 0.668. The Balaban J connectivity index is 2.26. The first-order valence-corrected chi connectivity index (χ1v) is 9.12. The maximum absolute atomic E-state index is 12.6. The van der Waals surface area contributed by atoms with Crippen LogP contribution in [0, 0.1) is 17.2 Å². The second kappa shape index (κ2) is 9.47. The Kier molecular flexibility index (Phi) is 7.05. The number of rotatable bonds is 7. The van der Waals surface area contributed by atoms with E-state index in [1.165, 1.54) is 6.20 Å². The van der Waals surface area contributed by atoms with E-state index in [-0.39, 0.29) is 11.8 Å². The number of nitrogens with zero attached hydrogens (tertiary/aromatic N) is 3. The van der Waals surface area contributed by atoms with Crippen LogP contribution in [0.5, 0.6) is 11.6 Å². The molecule has 2 rings (SSSR count). The average Bonchev–Trinajstić information content (AvgIpc) is 2.73. The van der Waals surface area contributed by atoms with Gasteiger partial charge in [-0.05, 0) is 48.7 Å². The molecule has 6 nitrogen and oxygen atoms in total. The molecule has 2 aromatic rings. The molecule has 1 aromatic heterocycles. The first kappa shape index (κ1) is 20.8. The molecule has 0 aliphatic carbocycles. The van der Waals surface area contributed by atoms with Crippen molar-refractivity contribution in [1.29, 1.82) is 5.26 Å². The summed E-state index contributed by atoms with van der Waals surface area (Å²) in [6.45, 7) is 9.09. The molecule has 1 heterocycles. The molecule has 6 heteroatoms. The number of anilines is 1. The smallest absolute Gasteiger partial charge is 0.257 e. The third-order valence-electron chi connectivity index (χ3n) is 4.43. The van der Waals surface area contributed by atoms with E-state index in [0.29, 0.717) is 35.7 Å². The molecule has 0 aliphatic rings. The summed E-state index contributed by atoms with van der Waals surface area (Å²) in [6, 6.07) is 10.6. The van der Waals surface area contributed by atoms with E-state index in [4.69, 9.17) is 10.00 Å². The highest BCUT2D eigenvalue weighted by Crippen LogP contribution is 2.25. The van der Waals surface area contributed by atoms with Gasteiger partial charge in [0.2, 0.25) is 11.8 Å². The summed E-state index contributed by atoms with van der Waals surface area (Å²) in [5, 5.41) is 9.11. The number of amides is 2. The first-order chi connectivity index (χ1) is 13.4. The van der Waals surface area contributed by atoms with Gasteiger partial charge in [0, 0.05) is 12.0 Å². The Morgan fingerprint density at radius 1 is 1.32 bits per heavy atom. The SMILES string of the molecule is C=CC(=O)N(C(=O)C(C)CC)c1ccc(Oc2ccc(C#N)c(CC)c2)nc1. The molecule has 0 fully saturated rings. The van der Waals surface area contributed by atoms with Crippen molar-refractivity contribution in [1.82, 2.24) is 4.98 Å². The molecule has 0 radical (unpaired) electrons. The topological polar surface area (TPSA) is 83.3 Å². The summed E-state index contributed by atoms with van der Waals surface area (Å²) in [6.07, 6.45) is 3.85. The van der Waals surface area contributed by atoms with E-state index in [0.717, 1.165) is 16.5 Å². The van der Waals surface area contributed by atoms with Crippen LogP contribution in [-0.4, -0.2) is 16.8 Å². The van der Waals surface area contributed by atoms with Crippen LogP contribution in [0.3, 0.4) is 0 Å². The zero-order valence-electron chi connectivity index (χ0n) is 16.3. The largest absolute Gasteiger partial charge is 0.439 e. The highest BCUT2D eigenvalue weighted by molar-refractivity contribution is 6.19. The summed E-state index contributed by atoms with van der Waals surface area (Å²) < 4.78 is 5.74. The summed E-state index contributed by atoms with van der Waals surface area (Å²) >= 11 is 0. The number of carbonyl (C=O) groups is 2. The summed E-state index contributed by atoms with van der Waals surface area (Å²) in [5.41, 5.74) is 1.86. The van der Waals surface area contributed by atoms with Crippen LogP contribution in [0.15, 0.2) is 49.2 Å². The number of pyridine rings is 1. The standard InChI is InChI=1S/C22H23N3O3/c1-5-15(4)22(27)25(21(26)7-3)18-9-11-20(24-14-18)28-19-10-8-17(13-23)16(6-2)12-19/h7-12,14-15H,3,5-6H2,1-2,4H3. The molecule has 144 valence electrons. The van der Waals surface area contributed by atoms with E-state index >= 15 is 0 Å². The Bertz CT molecular complexity index is 914. The molecule has 0 spiro atoms. The van der Waals surface area contributed by atoms with Gasteiger partial charge in [0.05, 0.1) is 23.5 Å². The molecular weight excluding hydrogens is 354 g/mol. The van der Waals surface area contributed by atoms with Gasteiger partial charge in [0.15, 0.2) is 0 Å². The van der Waals surface area contributed by atoms with Crippen molar-refractivity contribution in [2.45, 2.75) is 33.6 Å². The fourth-order valence-electron chi connectivity index (χ4n) is 2.57. The van der Waals surface area contributed by atoms with Gasteiger partial charge in [0.25, 0.3) is 5.91 Å². The van der Waals surface area contributed by atoms with Crippen molar-refractivity contribution in [3.8, 4) is 17.7 Å². The van der Waals surface area contributed by atoms with Gasteiger partial charge in [-0.25, -0.2) is 9.88 Å². The molecule has 0 saturated carbocycles. The van der Waals surface area contributed by atoms with Crippen molar-refractivity contribution < 1.29 is 14.3 Å². The number of hydrogen-bond acceptors (Lipinski definition) is 5. The maximum Gasteiger partial charge on any atom is 0.257 e. The predicted octanol–water partition coefficient (Wildman–Crippen LogP) is 4.40. The van der Waals surface area contributed by atoms with Crippen LogP contribution >= 0.6 is 0 Å². The zero-order chi connectivity index (χ0) is 20.7. The Morgan fingerprint density at radius 3 is 2.61 bits per heavy atom. The van der Waals surface area contributed by atoms with Crippen LogP contribution in [-0.2, 0) is 16.0 Å². The first-order valence-electron chi connectivity index (χ1n) is 9.12. The minimum Gasteiger partial charge on any atom is -0.439 e. The van der Waals surface area contributed by atoms with Gasteiger partial charge in [-0.1, -0.05) is 27.4 Å². The number of aryl methyl sites for hydroxylation is 1. The van der Waals surface area contributed by atoms with Crippen LogP contribution in [0.1, 0.15) is 38.3 Å².